The van der Waals surface area contributed by atoms with Gasteiger partial charge in [0.15, 0.2) is 0 Å². The van der Waals surface area contributed by atoms with Crippen molar-refractivity contribution in [2.24, 2.45) is 0 Å². The molecule has 2 N–H and O–H groups in total. The van der Waals surface area contributed by atoms with E-state index < -0.39 is 15.6 Å². The van der Waals surface area contributed by atoms with Gasteiger partial charge in [-0.25, -0.2) is 13.1 Å². The molecule has 1 saturated heterocycles. The Morgan fingerprint density at radius 2 is 1.95 bits per heavy atom. The van der Waals surface area contributed by atoms with E-state index in [4.69, 9.17) is 4.74 Å². The Balaban J connectivity index is 2.11. The molecule has 0 unspecified atom stereocenters. The maximum Gasteiger partial charge on any atom is 0.240 e. The van der Waals surface area contributed by atoms with Crippen molar-refractivity contribution in [3.05, 3.63) is 29.3 Å². The highest BCUT2D eigenvalue weighted by molar-refractivity contribution is 7.89. The van der Waals surface area contributed by atoms with Gasteiger partial charge in [-0.15, -0.1) is 0 Å². The zero-order valence-electron chi connectivity index (χ0n) is 11.8. The molecule has 1 aromatic rings. The molecule has 1 aromatic carbocycles. The predicted molar refractivity (Wildman–Crippen MR) is 76.1 cm³/mol. The second-order valence-corrected chi connectivity index (χ2v) is 7.17. The second kappa shape index (κ2) is 5.81. The first-order chi connectivity index (χ1) is 9.32. The third kappa shape index (κ3) is 3.58. The fraction of sp³-hybridized carbons (Fsp3) is 0.571. The number of aliphatic hydroxyl groups is 1. The molecular formula is C14H21NO4S. The van der Waals surface area contributed by atoms with Gasteiger partial charge in [0.2, 0.25) is 10.0 Å². The van der Waals surface area contributed by atoms with Gasteiger partial charge in [0.05, 0.1) is 10.5 Å². The third-order valence-electron chi connectivity index (χ3n) is 3.63. The fourth-order valence-electron chi connectivity index (χ4n) is 2.34. The highest BCUT2D eigenvalue weighted by Gasteiger charge is 2.31. The van der Waals surface area contributed by atoms with Gasteiger partial charge in [-0.3, -0.25) is 0 Å². The normalized spacial score (nSPS) is 18.9. The molecule has 0 aromatic heterocycles. The lowest BCUT2D eigenvalue weighted by molar-refractivity contribution is -0.0588. The number of nitrogens with one attached hydrogen (secondary N) is 1. The first-order valence-corrected chi connectivity index (χ1v) is 8.18. The van der Waals surface area contributed by atoms with Crippen LogP contribution >= 0.6 is 0 Å². The van der Waals surface area contributed by atoms with Crippen molar-refractivity contribution in [2.45, 2.75) is 37.2 Å². The highest BCUT2D eigenvalue weighted by atomic mass is 32.2. The molecule has 1 aliphatic rings. The lowest BCUT2D eigenvalue weighted by Crippen LogP contribution is -2.46. The molecule has 6 heteroatoms. The van der Waals surface area contributed by atoms with Crippen molar-refractivity contribution in [3.8, 4) is 0 Å². The summed E-state index contributed by atoms with van der Waals surface area (Å²) in [5.41, 5.74) is 0.713. The van der Waals surface area contributed by atoms with Crippen molar-refractivity contribution in [1.82, 2.24) is 4.72 Å². The Morgan fingerprint density at radius 1 is 1.30 bits per heavy atom. The van der Waals surface area contributed by atoms with E-state index in [1.165, 1.54) is 0 Å². The molecule has 2 rings (SSSR count). The topological polar surface area (TPSA) is 75.6 Å². The Kier molecular flexibility index (Phi) is 4.49. The quantitative estimate of drug-likeness (QED) is 0.873. The molecule has 1 heterocycles. The van der Waals surface area contributed by atoms with Crippen LogP contribution in [0.1, 0.15) is 24.0 Å². The van der Waals surface area contributed by atoms with Crippen LogP contribution < -0.4 is 4.72 Å². The van der Waals surface area contributed by atoms with E-state index in [0.29, 0.717) is 31.6 Å². The summed E-state index contributed by atoms with van der Waals surface area (Å²) in [6, 6.07) is 5.20. The number of hydrogen-bond acceptors (Lipinski definition) is 4. The van der Waals surface area contributed by atoms with Gasteiger partial charge in [0, 0.05) is 32.6 Å². The van der Waals surface area contributed by atoms with E-state index in [0.717, 1.165) is 5.56 Å². The molecule has 5 nitrogen and oxygen atoms in total. The summed E-state index contributed by atoms with van der Waals surface area (Å²) in [7, 11) is -3.60. The van der Waals surface area contributed by atoms with Crippen molar-refractivity contribution < 1.29 is 18.3 Å². The average molecular weight is 299 g/mol. The molecule has 0 spiro atoms. The number of rotatable bonds is 4. The van der Waals surface area contributed by atoms with Gasteiger partial charge in [-0.05, 0) is 25.5 Å². The first kappa shape index (κ1) is 15.4. The molecule has 1 fully saturated rings. The smallest absolute Gasteiger partial charge is 0.240 e. The van der Waals surface area contributed by atoms with Crippen molar-refractivity contribution >= 4 is 10.0 Å². The van der Waals surface area contributed by atoms with Gasteiger partial charge in [-0.2, -0.15) is 0 Å². The largest absolute Gasteiger partial charge is 0.388 e. The Bertz CT molecular complexity index is 577. The second-order valence-electron chi connectivity index (χ2n) is 5.43. The van der Waals surface area contributed by atoms with Crippen molar-refractivity contribution in [3.63, 3.8) is 0 Å². The zero-order valence-corrected chi connectivity index (χ0v) is 12.7. The number of benzene rings is 1. The molecule has 0 radical (unpaired) electrons. The standard InChI is InChI=1S/C14H21NO4S/c1-11-3-4-13(12(2)9-11)20(17,18)15-10-14(16)5-7-19-8-6-14/h3-4,9,15-16H,5-8,10H2,1-2H3. The van der Waals surface area contributed by atoms with Gasteiger partial charge in [0.1, 0.15) is 0 Å². The van der Waals surface area contributed by atoms with Gasteiger partial charge < -0.3 is 9.84 Å². The summed E-state index contributed by atoms with van der Waals surface area (Å²) >= 11 is 0. The van der Waals surface area contributed by atoms with Gasteiger partial charge in [0.25, 0.3) is 0 Å². The summed E-state index contributed by atoms with van der Waals surface area (Å²) < 4.78 is 32.3. The van der Waals surface area contributed by atoms with E-state index in [9.17, 15) is 13.5 Å². The van der Waals surface area contributed by atoms with Gasteiger partial charge in [-0.1, -0.05) is 17.7 Å². The molecule has 0 atom stereocenters. The van der Waals surface area contributed by atoms with Crippen LogP contribution in [0.5, 0.6) is 0 Å². The Hall–Kier alpha value is -0.950. The lowest BCUT2D eigenvalue weighted by atomic mass is 9.95. The maximum absolute atomic E-state index is 12.3. The summed E-state index contributed by atoms with van der Waals surface area (Å²) in [5.74, 6) is 0. The minimum Gasteiger partial charge on any atom is -0.388 e. The Labute approximate surface area is 120 Å². The summed E-state index contributed by atoms with van der Waals surface area (Å²) in [5, 5.41) is 10.3. The zero-order chi connectivity index (χ0) is 14.8. The molecule has 0 aliphatic carbocycles. The number of ether oxygens (including phenoxy) is 1. The SMILES string of the molecule is Cc1ccc(S(=O)(=O)NCC2(O)CCOCC2)c(C)c1. The number of aryl methyl sites for hydroxylation is 2. The van der Waals surface area contributed by atoms with E-state index in [2.05, 4.69) is 4.72 Å². The number of hydrogen-bond donors (Lipinski definition) is 2. The van der Waals surface area contributed by atoms with Crippen molar-refractivity contribution in [1.29, 1.82) is 0 Å². The Morgan fingerprint density at radius 3 is 2.55 bits per heavy atom. The van der Waals surface area contributed by atoms with Crippen LogP contribution in [0, 0.1) is 13.8 Å². The van der Waals surface area contributed by atoms with E-state index in [1.807, 2.05) is 13.0 Å². The molecule has 0 amide bonds. The summed E-state index contributed by atoms with van der Waals surface area (Å²) in [4.78, 5) is 0.263. The fourth-order valence-corrected chi connectivity index (χ4v) is 3.68. The van der Waals surface area contributed by atoms with Crippen LogP contribution in [0.15, 0.2) is 23.1 Å². The minimum absolute atomic E-state index is 0.0199. The van der Waals surface area contributed by atoms with Crippen LogP contribution in [-0.2, 0) is 14.8 Å². The van der Waals surface area contributed by atoms with Crippen LogP contribution in [-0.4, -0.2) is 38.9 Å². The molecular weight excluding hydrogens is 278 g/mol. The lowest BCUT2D eigenvalue weighted by Gasteiger charge is -2.32. The van der Waals surface area contributed by atoms with Crippen LogP contribution in [0.4, 0.5) is 0 Å². The maximum atomic E-state index is 12.3. The number of sulfonamides is 1. The minimum atomic E-state index is -3.60. The molecule has 0 bridgehead atoms. The van der Waals surface area contributed by atoms with E-state index in [1.54, 1.807) is 19.1 Å². The summed E-state index contributed by atoms with van der Waals surface area (Å²) in [6.45, 7) is 4.63. The van der Waals surface area contributed by atoms with Crippen molar-refractivity contribution in [2.75, 3.05) is 19.8 Å². The first-order valence-electron chi connectivity index (χ1n) is 6.69. The molecule has 0 saturated carbocycles. The van der Waals surface area contributed by atoms with Gasteiger partial charge >= 0.3 is 0 Å². The van der Waals surface area contributed by atoms with Crippen LogP contribution in [0.3, 0.4) is 0 Å². The van der Waals surface area contributed by atoms with E-state index >= 15 is 0 Å². The van der Waals surface area contributed by atoms with E-state index in [-0.39, 0.29) is 11.4 Å². The monoisotopic (exact) mass is 299 g/mol. The third-order valence-corrected chi connectivity index (χ3v) is 5.20. The molecule has 1 aliphatic heterocycles. The van der Waals surface area contributed by atoms with Crippen LogP contribution in [0.2, 0.25) is 0 Å². The predicted octanol–water partition coefficient (Wildman–Crippen LogP) is 1.12. The summed E-state index contributed by atoms with van der Waals surface area (Å²) in [6.07, 6.45) is 0.894. The highest BCUT2D eigenvalue weighted by Crippen LogP contribution is 2.21. The van der Waals surface area contributed by atoms with Crippen LogP contribution in [0.25, 0.3) is 0 Å². The molecule has 20 heavy (non-hydrogen) atoms. The average Bonchev–Trinajstić information content (AvgIpc) is 2.37. The molecule has 112 valence electrons.